The van der Waals surface area contributed by atoms with Crippen LogP contribution in [0, 0.1) is 0 Å². The van der Waals surface area contributed by atoms with Crippen molar-refractivity contribution < 1.29 is 9.47 Å². The van der Waals surface area contributed by atoms with Crippen molar-refractivity contribution in [3.63, 3.8) is 0 Å². The number of halogens is 1. The highest BCUT2D eigenvalue weighted by Gasteiger charge is 2.15. The molecular formula is C16H16ClNO2S. The minimum atomic E-state index is 0.637. The quantitative estimate of drug-likeness (QED) is 0.789. The molecule has 110 valence electrons. The highest BCUT2D eigenvalue weighted by molar-refractivity contribution is 7.99. The fourth-order valence-corrected chi connectivity index (χ4v) is 3.33. The van der Waals surface area contributed by atoms with Crippen LogP contribution >= 0.6 is 23.4 Å². The van der Waals surface area contributed by atoms with E-state index in [2.05, 4.69) is 4.98 Å². The van der Waals surface area contributed by atoms with E-state index in [0.29, 0.717) is 24.0 Å². The summed E-state index contributed by atoms with van der Waals surface area (Å²) >= 11 is 8.10. The first kappa shape index (κ1) is 14.5. The normalized spacial score (nSPS) is 13.8. The number of ether oxygens (including phenoxy) is 2. The molecule has 0 saturated carbocycles. The smallest absolute Gasteiger partial charge is 0.179 e. The highest BCUT2D eigenvalue weighted by Crippen LogP contribution is 2.38. The van der Waals surface area contributed by atoms with Crippen molar-refractivity contribution in [2.45, 2.75) is 17.7 Å². The first-order valence-corrected chi connectivity index (χ1v) is 8.30. The maximum Gasteiger partial charge on any atom is 0.179 e. The fourth-order valence-electron chi connectivity index (χ4n) is 2.15. The highest BCUT2D eigenvalue weighted by atomic mass is 35.5. The van der Waals surface area contributed by atoms with Crippen LogP contribution in [-0.2, 0) is 6.42 Å². The van der Waals surface area contributed by atoms with Gasteiger partial charge < -0.3 is 9.47 Å². The van der Waals surface area contributed by atoms with E-state index in [4.69, 9.17) is 21.1 Å². The lowest BCUT2D eigenvalue weighted by molar-refractivity contribution is 0.297. The molecule has 0 radical (unpaired) electrons. The maximum atomic E-state index is 6.30. The zero-order chi connectivity index (χ0) is 14.5. The molecule has 2 heterocycles. The van der Waals surface area contributed by atoms with Crippen molar-refractivity contribution >= 4 is 23.4 Å². The summed E-state index contributed by atoms with van der Waals surface area (Å²) in [6, 6.07) is 8.05. The number of nitrogens with zero attached hydrogens (tertiary/aromatic N) is 1. The van der Waals surface area contributed by atoms with Crippen LogP contribution in [0.3, 0.4) is 0 Å². The standard InChI is InChI=1S/C16H16ClNO2S/c17-14-10-12(4-9-21-13-2-5-18-6-3-13)11-15-16(14)20-8-1-7-19-15/h2-3,5-6,10-11H,1,4,7-9H2. The van der Waals surface area contributed by atoms with Crippen LogP contribution < -0.4 is 9.47 Å². The van der Waals surface area contributed by atoms with Gasteiger partial charge in [0, 0.05) is 29.5 Å². The Bertz CT molecular complexity index is 607. The van der Waals surface area contributed by atoms with Crippen molar-refractivity contribution in [2.75, 3.05) is 19.0 Å². The number of rotatable bonds is 4. The molecule has 0 atom stereocenters. The lowest BCUT2D eigenvalue weighted by atomic mass is 10.1. The van der Waals surface area contributed by atoms with Gasteiger partial charge >= 0.3 is 0 Å². The Kier molecular flexibility index (Phi) is 4.88. The van der Waals surface area contributed by atoms with Gasteiger partial charge in [-0.3, -0.25) is 4.98 Å². The minimum Gasteiger partial charge on any atom is -0.489 e. The first-order chi connectivity index (χ1) is 10.3. The predicted molar refractivity (Wildman–Crippen MR) is 85.7 cm³/mol. The van der Waals surface area contributed by atoms with E-state index >= 15 is 0 Å². The topological polar surface area (TPSA) is 31.4 Å². The fraction of sp³-hybridized carbons (Fsp3) is 0.312. The van der Waals surface area contributed by atoms with Crippen LogP contribution in [0.1, 0.15) is 12.0 Å². The van der Waals surface area contributed by atoms with Crippen LogP contribution in [0.4, 0.5) is 0 Å². The van der Waals surface area contributed by atoms with E-state index in [1.807, 2.05) is 48.4 Å². The molecule has 3 rings (SSSR count). The molecule has 5 heteroatoms. The van der Waals surface area contributed by atoms with Gasteiger partial charge in [0.05, 0.1) is 18.2 Å². The molecule has 0 unspecified atom stereocenters. The first-order valence-electron chi connectivity index (χ1n) is 6.94. The molecule has 1 aromatic carbocycles. The zero-order valence-electron chi connectivity index (χ0n) is 11.5. The number of hydrogen-bond acceptors (Lipinski definition) is 4. The Morgan fingerprint density at radius 2 is 1.95 bits per heavy atom. The Morgan fingerprint density at radius 1 is 1.14 bits per heavy atom. The molecular weight excluding hydrogens is 306 g/mol. The molecule has 1 aromatic heterocycles. The van der Waals surface area contributed by atoms with E-state index < -0.39 is 0 Å². The van der Waals surface area contributed by atoms with Crippen LogP contribution in [-0.4, -0.2) is 24.0 Å². The number of thioether (sulfide) groups is 1. The van der Waals surface area contributed by atoms with Gasteiger partial charge in [0.25, 0.3) is 0 Å². The Labute approximate surface area is 133 Å². The maximum absolute atomic E-state index is 6.30. The second-order valence-corrected chi connectivity index (χ2v) is 6.31. The number of aryl methyl sites for hydroxylation is 1. The summed E-state index contributed by atoms with van der Waals surface area (Å²) in [5.74, 6) is 2.43. The monoisotopic (exact) mass is 321 g/mol. The van der Waals surface area contributed by atoms with Crippen molar-refractivity contribution in [3.05, 3.63) is 47.2 Å². The lowest BCUT2D eigenvalue weighted by Crippen LogP contribution is -1.97. The Morgan fingerprint density at radius 3 is 2.81 bits per heavy atom. The second-order valence-electron chi connectivity index (χ2n) is 4.74. The van der Waals surface area contributed by atoms with Crippen LogP contribution in [0.5, 0.6) is 11.5 Å². The third-order valence-electron chi connectivity index (χ3n) is 3.17. The van der Waals surface area contributed by atoms with Gasteiger partial charge in [-0.05, 0) is 36.2 Å². The summed E-state index contributed by atoms with van der Waals surface area (Å²) in [7, 11) is 0. The van der Waals surface area contributed by atoms with Gasteiger partial charge in [0.15, 0.2) is 11.5 Å². The summed E-state index contributed by atoms with van der Waals surface area (Å²) in [4.78, 5) is 5.25. The van der Waals surface area contributed by atoms with Crippen LogP contribution in [0.25, 0.3) is 0 Å². The van der Waals surface area contributed by atoms with Crippen molar-refractivity contribution in [3.8, 4) is 11.5 Å². The average molecular weight is 322 g/mol. The van der Waals surface area contributed by atoms with Gasteiger partial charge in [-0.1, -0.05) is 11.6 Å². The third kappa shape index (κ3) is 3.83. The van der Waals surface area contributed by atoms with Crippen LogP contribution in [0.15, 0.2) is 41.6 Å². The summed E-state index contributed by atoms with van der Waals surface area (Å²) in [6.45, 7) is 1.34. The van der Waals surface area contributed by atoms with E-state index in [-0.39, 0.29) is 0 Å². The molecule has 0 fully saturated rings. The summed E-state index contributed by atoms with van der Waals surface area (Å²) in [6.07, 6.45) is 5.45. The molecule has 0 N–H and O–H groups in total. The zero-order valence-corrected chi connectivity index (χ0v) is 13.1. The molecule has 1 aliphatic heterocycles. The summed E-state index contributed by atoms with van der Waals surface area (Å²) in [5.41, 5.74) is 1.17. The number of hydrogen-bond donors (Lipinski definition) is 0. The van der Waals surface area contributed by atoms with Gasteiger partial charge in [-0.15, -0.1) is 11.8 Å². The van der Waals surface area contributed by atoms with Crippen molar-refractivity contribution in [1.29, 1.82) is 0 Å². The van der Waals surface area contributed by atoms with Crippen molar-refractivity contribution in [2.24, 2.45) is 0 Å². The Balaban J connectivity index is 1.66. The molecule has 0 spiro atoms. The van der Waals surface area contributed by atoms with E-state index in [1.54, 1.807) is 0 Å². The van der Waals surface area contributed by atoms with E-state index in [9.17, 15) is 0 Å². The van der Waals surface area contributed by atoms with Gasteiger partial charge in [-0.2, -0.15) is 0 Å². The largest absolute Gasteiger partial charge is 0.489 e. The molecule has 21 heavy (non-hydrogen) atoms. The number of benzene rings is 1. The Hall–Kier alpha value is -1.39. The van der Waals surface area contributed by atoms with E-state index in [1.165, 1.54) is 10.5 Å². The number of fused-ring (bicyclic) bond motifs is 1. The predicted octanol–water partition coefficient (Wildman–Crippen LogP) is 4.23. The molecule has 0 saturated heterocycles. The molecule has 0 bridgehead atoms. The molecule has 2 aromatic rings. The van der Waals surface area contributed by atoms with Crippen LogP contribution in [0.2, 0.25) is 5.02 Å². The van der Waals surface area contributed by atoms with Crippen molar-refractivity contribution in [1.82, 2.24) is 4.98 Å². The third-order valence-corrected chi connectivity index (χ3v) is 4.47. The minimum absolute atomic E-state index is 0.637. The van der Waals surface area contributed by atoms with Gasteiger partial charge in [-0.25, -0.2) is 0 Å². The second kappa shape index (κ2) is 7.05. The molecule has 3 nitrogen and oxygen atoms in total. The molecule has 0 aliphatic carbocycles. The van der Waals surface area contributed by atoms with Gasteiger partial charge in [0.1, 0.15) is 0 Å². The molecule has 0 amide bonds. The average Bonchev–Trinajstić information content (AvgIpc) is 2.74. The molecule has 1 aliphatic rings. The van der Waals surface area contributed by atoms with E-state index in [0.717, 1.165) is 24.3 Å². The SMILES string of the molecule is Clc1cc(CCSc2ccncc2)cc2c1OCCCO2. The lowest BCUT2D eigenvalue weighted by Gasteiger charge is -2.11. The summed E-state index contributed by atoms with van der Waals surface area (Å²) in [5, 5.41) is 0.637. The number of pyridine rings is 1. The summed E-state index contributed by atoms with van der Waals surface area (Å²) < 4.78 is 11.3. The van der Waals surface area contributed by atoms with Gasteiger partial charge in [0.2, 0.25) is 0 Å². The number of aromatic nitrogens is 1.